The Kier molecular flexibility index (Phi) is 5.41. The molecule has 102 valence electrons. The summed E-state index contributed by atoms with van der Waals surface area (Å²) in [5.74, 6) is -0.308. The average Bonchev–Trinajstić information content (AvgIpc) is 2.35. The Morgan fingerprint density at radius 3 is 2.44 bits per heavy atom. The van der Waals surface area contributed by atoms with Crippen molar-refractivity contribution in [3.05, 3.63) is 23.9 Å². The van der Waals surface area contributed by atoms with Crippen LogP contribution in [0.5, 0.6) is 0 Å². The Hall–Kier alpha value is -1.29. The Morgan fingerprint density at radius 2 is 2.00 bits per heavy atom. The SMILES string of the molecule is C/C=C(\C=C/C(C)C)NC1(C(=O)O)CCNCC1. The van der Waals surface area contributed by atoms with E-state index in [1.807, 2.05) is 19.1 Å². The zero-order chi connectivity index (χ0) is 13.6. The third kappa shape index (κ3) is 3.88. The molecule has 0 saturated carbocycles. The first-order valence-corrected chi connectivity index (χ1v) is 6.57. The molecule has 0 aromatic carbocycles. The van der Waals surface area contributed by atoms with E-state index < -0.39 is 11.5 Å². The molecule has 0 bridgehead atoms. The number of hydrogen-bond acceptors (Lipinski definition) is 3. The van der Waals surface area contributed by atoms with Crippen molar-refractivity contribution in [3.8, 4) is 0 Å². The smallest absolute Gasteiger partial charge is 0.329 e. The molecular formula is C14H24N2O2. The van der Waals surface area contributed by atoms with Crippen molar-refractivity contribution in [3.63, 3.8) is 0 Å². The second-order valence-corrected chi connectivity index (χ2v) is 5.11. The fraction of sp³-hybridized carbons (Fsp3) is 0.643. The maximum atomic E-state index is 11.5. The van der Waals surface area contributed by atoms with Crippen LogP contribution in [0.1, 0.15) is 33.6 Å². The summed E-state index contributed by atoms with van der Waals surface area (Å²) in [5.41, 5.74) is 0.0574. The molecule has 0 atom stereocenters. The summed E-state index contributed by atoms with van der Waals surface area (Å²) in [6.07, 6.45) is 7.17. The molecule has 0 aromatic heterocycles. The highest BCUT2D eigenvalue weighted by molar-refractivity contribution is 5.79. The Bertz CT molecular complexity index is 340. The van der Waals surface area contributed by atoms with Gasteiger partial charge in [0, 0.05) is 5.70 Å². The first kappa shape index (κ1) is 14.8. The highest BCUT2D eigenvalue weighted by Crippen LogP contribution is 2.20. The molecule has 1 fully saturated rings. The fourth-order valence-corrected chi connectivity index (χ4v) is 2.03. The van der Waals surface area contributed by atoms with Gasteiger partial charge in [0.1, 0.15) is 5.54 Å². The van der Waals surface area contributed by atoms with Crippen LogP contribution in [0.15, 0.2) is 23.9 Å². The molecular weight excluding hydrogens is 228 g/mol. The molecule has 4 nitrogen and oxygen atoms in total. The van der Waals surface area contributed by atoms with Gasteiger partial charge < -0.3 is 15.7 Å². The first-order chi connectivity index (χ1) is 8.50. The van der Waals surface area contributed by atoms with E-state index in [9.17, 15) is 9.90 Å². The molecule has 1 aliphatic rings. The lowest BCUT2D eigenvalue weighted by atomic mass is 9.88. The minimum absolute atomic E-state index is 0.454. The molecule has 0 aromatic rings. The molecule has 1 heterocycles. The number of carbonyl (C=O) groups is 1. The van der Waals surface area contributed by atoms with Crippen LogP contribution >= 0.6 is 0 Å². The highest BCUT2D eigenvalue weighted by Gasteiger charge is 2.39. The van der Waals surface area contributed by atoms with Gasteiger partial charge in [-0.2, -0.15) is 0 Å². The van der Waals surface area contributed by atoms with Gasteiger partial charge in [-0.3, -0.25) is 0 Å². The summed E-state index contributed by atoms with van der Waals surface area (Å²) in [7, 11) is 0. The van der Waals surface area contributed by atoms with E-state index in [4.69, 9.17) is 0 Å². The molecule has 0 radical (unpaired) electrons. The summed E-state index contributed by atoms with van der Waals surface area (Å²) in [6, 6.07) is 0. The monoisotopic (exact) mass is 252 g/mol. The van der Waals surface area contributed by atoms with Crippen LogP contribution in [0, 0.1) is 5.92 Å². The molecule has 0 spiro atoms. The summed E-state index contributed by atoms with van der Waals surface area (Å²) in [5, 5.41) is 15.9. The second kappa shape index (κ2) is 6.59. The van der Waals surface area contributed by atoms with E-state index in [1.54, 1.807) is 0 Å². The van der Waals surface area contributed by atoms with E-state index in [2.05, 4.69) is 30.6 Å². The normalized spacial score (nSPS) is 20.3. The van der Waals surface area contributed by atoms with Crippen LogP contribution in [-0.4, -0.2) is 29.7 Å². The van der Waals surface area contributed by atoms with Gasteiger partial charge >= 0.3 is 5.97 Å². The third-order valence-corrected chi connectivity index (χ3v) is 3.22. The van der Waals surface area contributed by atoms with Crippen molar-refractivity contribution in [1.82, 2.24) is 10.6 Å². The largest absolute Gasteiger partial charge is 0.480 e. The molecule has 0 aliphatic carbocycles. The van der Waals surface area contributed by atoms with Gasteiger partial charge in [0.2, 0.25) is 0 Å². The summed E-state index contributed by atoms with van der Waals surface area (Å²) < 4.78 is 0. The molecule has 3 N–H and O–H groups in total. The van der Waals surface area contributed by atoms with Crippen molar-refractivity contribution in [2.75, 3.05) is 13.1 Å². The number of carboxylic acid groups (broad SMARTS) is 1. The average molecular weight is 252 g/mol. The summed E-state index contributed by atoms with van der Waals surface area (Å²) >= 11 is 0. The molecule has 1 saturated heterocycles. The summed E-state index contributed by atoms with van der Waals surface area (Å²) in [4.78, 5) is 11.5. The highest BCUT2D eigenvalue weighted by atomic mass is 16.4. The molecule has 1 rings (SSSR count). The maximum Gasteiger partial charge on any atom is 0.329 e. The molecule has 18 heavy (non-hydrogen) atoms. The van der Waals surface area contributed by atoms with Crippen LogP contribution in [0.3, 0.4) is 0 Å². The number of nitrogens with one attached hydrogen (secondary N) is 2. The fourth-order valence-electron chi connectivity index (χ4n) is 2.03. The van der Waals surface area contributed by atoms with Crippen LogP contribution in [0.25, 0.3) is 0 Å². The van der Waals surface area contributed by atoms with Crippen molar-refractivity contribution in [2.24, 2.45) is 5.92 Å². The zero-order valence-corrected chi connectivity index (χ0v) is 11.5. The van der Waals surface area contributed by atoms with Crippen molar-refractivity contribution < 1.29 is 9.90 Å². The number of rotatable bonds is 5. The van der Waals surface area contributed by atoms with Gasteiger partial charge in [-0.1, -0.05) is 26.0 Å². The quantitative estimate of drug-likeness (QED) is 0.654. The van der Waals surface area contributed by atoms with Crippen LogP contribution in [0.2, 0.25) is 0 Å². The summed E-state index contributed by atoms with van der Waals surface area (Å²) in [6.45, 7) is 7.60. The number of hydrogen-bond donors (Lipinski definition) is 3. The zero-order valence-electron chi connectivity index (χ0n) is 11.5. The van der Waals surface area contributed by atoms with E-state index in [1.165, 1.54) is 0 Å². The third-order valence-electron chi connectivity index (χ3n) is 3.22. The van der Waals surface area contributed by atoms with E-state index in [-0.39, 0.29) is 0 Å². The van der Waals surface area contributed by atoms with Gasteiger partial charge in [-0.05, 0) is 44.8 Å². The minimum atomic E-state index is -0.825. The minimum Gasteiger partial charge on any atom is -0.480 e. The van der Waals surface area contributed by atoms with Crippen molar-refractivity contribution >= 4 is 5.97 Å². The lowest BCUT2D eigenvalue weighted by molar-refractivity contribution is -0.145. The molecule has 1 aliphatic heterocycles. The van der Waals surface area contributed by atoms with E-state index in [0.717, 1.165) is 18.8 Å². The number of piperidine rings is 1. The van der Waals surface area contributed by atoms with Crippen molar-refractivity contribution in [1.29, 1.82) is 0 Å². The van der Waals surface area contributed by atoms with Gasteiger partial charge in [-0.25, -0.2) is 4.79 Å². The molecule has 4 heteroatoms. The maximum absolute atomic E-state index is 11.5. The number of allylic oxidation sites excluding steroid dienone is 3. The predicted molar refractivity (Wildman–Crippen MR) is 73.3 cm³/mol. The topological polar surface area (TPSA) is 61.4 Å². The number of carboxylic acids is 1. The van der Waals surface area contributed by atoms with Crippen LogP contribution in [-0.2, 0) is 4.79 Å². The molecule has 0 unspecified atom stereocenters. The second-order valence-electron chi connectivity index (χ2n) is 5.11. The van der Waals surface area contributed by atoms with E-state index >= 15 is 0 Å². The first-order valence-electron chi connectivity index (χ1n) is 6.57. The standard InChI is InChI=1S/C14H24N2O2/c1-4-12(6-5-11(2)3)16-14(13(17)18)7-9-15-10-8-14/h4-6,11,15-16H,7-10H2,1-3H3,(H,17,18)/b6-5-,12-4+. The molecule has 0 amide bonds. The van der Waals surface area contributed by atoms with Crippen molar-refractivity contribution in [2.45, 2.75) is 39.2 Å². The van der Waals surface area contributed by atoms with Crippen LogP contribution < -0.4 is 10.6 Å². The van der Waals surface area contributed by atoms with Gasteiger partial charge in [0.05, 0.1) is 0 Å². The Morgan fingerprint density at radius 1 is 1.39 bits per heavy atom. The Balaban J connectivity index is 2.79. The lowest BCUT2D eigenvalue weighted by Gasteiger charge is -2.35. The van der Waals surface area contributed by atoms with Gasteiger partial charge in [0.25, 0.3) is 0 Å². The van der Waals surface area contributed by atoms with E-state index in [0.29, 0.717) is 18.8 Å². The lowest BCUT2D eigenvalue weighted by Crippen LogP contribution is -2.57. The number of aliphatic carboxylic acids is 1. The van der Waals surface area contributed by atoms with Gasteiger partial charge in [-0.15, -0.1) is 0 Å². The Labute approximate surface area is 109 Å². The predicted octanol–water partition coefficient (Wildman–Crippen LogP) is 1.90. The van der Waals surface area contributed by atoms with Gasteiger partial charge in [0.15, 0.2) is 0 Å². The van der Waals surface area contributed by atoms with Crippen LogP contribution in [0.4, 0.5) is 0 Å².